The number of aromatic nitrogens is 3. The molecule has 0 saturated carbocycles. The van der Waals surface area contributed by atoms with Crippen molar-refractivity contribution in [2.45, 2.75) is 118 Å². The molecule has 6 aromatic carbocycles. The number of fused-ring (bicyclic) bond motifs is 1. The number of para-hydroxylation sites is 1. The minimum atomic E-state index is -2.85. The normalized spacial score (nSPS) is 15.0. The van der Waals surface area contributed by atoms with E-state index in [4.69, 9.17) is 23.7 Å². The summed E-state index contributed by atoms with van der Waals surface area (Å²) >= 11 is 0. The Balaban J connectivity index is 0.00000820. The summed E-state index contributed by atoms with van der Waals surface area (Å²) in [6, 6.07) is 32.2. The van der Waals surface area contributed by atoms with Gasteiger partial charge in [-0.05, 0) is 93.5 Å². The Labute approximate surface area is 416 Å². The van der Waals surface area contributed by atoms with Gasteiger partial charge < -0.3 is 5.11 Å². The van der Waals surface area contributed by atoms with Crippen molar-refractivity contribution in [2.75, 3.05) is 0 Å². The van der Waals surface area contributed by atoms with Gasteiger partial charge >= 0.3 is 0 Å². The van der Waals surface area contributed by atoms with Gasteiger partial charge in [0, 0.05) is 52.3 Å². The van der Waals surface area contributed by atoms with Crippen LogP contribution in [0.3, 0.4) is 0 Å². The van der Waals surface area contributed by atoms with Crippen molar-refractivity contribution < 1.29 is 39.9 Å². The maximum Gasteiger partial charge on any atom is 0.148 e. The summed E-state index contributed by atoms with van der Waals surface area (Å²) in [5, 5.41) is 12.6. The van der Waals surface area contributed by atoms with E-state index < -0.39 is 54.3 Å². The van der Waals surface area contributed by atoms with Crippen molar-refractivity contribution in [2.24, 2.45) is 0 Å². The molecule has 0 aliphatic heterocycles. The van der Waals surface area contributed by atoms with Crippen LogP contribution in [0.5, 0.6) is 5.75 Å². The van der Waals surface area contributed by atoms with E-state index >= 15 is 0 Å². The van der Waals surface area contributed by atoms with E-state index in [0.29, 0.717) is 61.6 Å². The molecule has 2 heterocycles. The molecule has 0 radical (unpaired) electrons. The molecule has 0 bridgehead atoms. The summed E-state index contributed by atoms with van der Waals surface area (Å²) in [6.45, 7) is 20.1. The number of phenolic OH excluding ortho intramolecular Hbond substituents is 1. The fraction of sp³-hybridized carbons (Fsp3) is 0.300. The first-order valence-electron chi connectivity index (χ1n) is 26.9. The second-order valence-electron chi connectivity index (χ2n) is 21.0. The third-order valence-electron chi connectivity index (χ3n) is 12.0. The van der Waals surface area contributed by atoms with Gasteiger partial charge in [-0.3, -0.25) is 9.55 Å². The molecule has 0 unspecified atom stereocenters. The zero-order valence-electron chi connectivity index (χ0n) is 49.4. The van der Waals surface area contributed by atoms with Crippen molar-refractivity contribution in [3.05, 3.63) is 167 Å². The van der Waals surface area contributed by atoms with Crippen LogP contribution in [0, 0.1) is 19.8 Å². The zero-order chi connectivity index (χ0) is 54.6. The van der Waals surface area contributed by atoms with Crippen LogP contribution >= 0.6 is 0 Å². The van der Waals surface area contributed by atoms with E-state index in [1.165, 1.54) is 6.20 Å². The molecule has 1 N–H and O–H groups in total. The SMILES string of the molecule is [2H]c1c([2H])c(C([2H])([2H])[2H])c([2H])c([2H])c1-c1ccnc(-c2[c-]c(-c3cccc4c3nc(-c3cc(C(C)(C)C)cc(C(C)(C)C)c3O)n4-c3ccc(C([2H])([2H])[2H])cc3-c3ccc(C(C)(C)C)cc3)cc(C(C)(C)C)c2)c1.[Pt]. The van der Waals surface area contributed by atoms with Gasteiger partial charge in [-0.25, -0.2) is 4.98 Å². The van der Waals surface area contributed by atoms with Gasteiger partial charge in [0.1, 0.15) is 11.6 Å². The molecule has 0 spiro atoms. The van der Waals surface area contributed by atoms with Gasteiger partial charge in [-0.15, -0.1) is 29.3 Å². The Kier molecular flexibility index (Phi) is 9.51. The molecule has 0 atom stereocenters. The summed E-state index contributed by atoms with van der Waals surface area (Å²) in [7, 11) is 0. The van der Waals surface area contributed by atoms with Crippen LogP contribution < -0.4 is 0 Å². The van der Waals surface area contributed by atoms with E-state index in [9.17, 15) is 5.11 Å². The number of aromatic hydroxyl groups is 1. The molecule has 0 aliphatic rings. The van der Waals surface area contributed by atoms with Crippen LogP contribution in [0.15, 0.2) is 127 Å². The Morgan fingerprint density at radius 1 is 0.569 bits per heavy atom. The van der Waals surface area contributed by atoms with Crippen LogP contribution in [-0.2, 0) is 42.7 Å². The van der Waals surface area contributed by atoms with Gasteiger partial charge in [-0.1, -0.05) is 184 Å². The first kappa shape index (κ1) is 35.7. The minimum absolute atomic E-state index is 0. The van der Waals surface area contributed by atoms with Crippen molar-refractivity contribution in [1.29, 1.82) is 0 Å². The minimum Gasteiger partial charge on any atom is -0.507 e. The molecule has 0 fully saturated rings. The standard InChI is InChI=1S/C60H64N3O.Pt/c1-37-18-21-39(22-19-37)41-28-29-61-51(34-41)43-31-42(32-45(33-43)58(6,7)8)47-16-15-17-53-54(47)62-56(49-35-46(59(9,10)11)36-50(55(49)64)60(12,13)14)63(53)52-27-20-38(2)30-48(52)40-23-25-44(26-24-40)57(3,4)5;/h15-30,32-36,64H,1-14H3;/q-1;/i1D3,2D3,18D,19D,21D,22D;. The number of aryl methyl sites for hydroxylation is 1. The largest absolute Gasteiger partial charge is 0.507 e. The molecule has 336 valence electrons. The van der Waals surface area contributed by atoms with Crippen LogP contribution in [0.25, 0.3) is 72.7 Å². The number of hydrogen-bond acceptors (Lipinski definition) is 3. The maximum atomic E-state index is 12.6. The molecular weight excluding hydrogens is 974 g/mol. The second kappa shape index (κ2) is 17.3. The van der Waals surface area contributed by atoms with Crippen molar-refractivity contribution in [3.63, 3.8) is 0 Å². The monoisotopic (exact) mass is 1050 g/mol. The van der Waals surface area contributed by atoms with Gasteiger partial charge in [-0.2, -0.15) is 0 Å². The predicted octanol–water partition coefficient (Wildman–Crippen LogP) is 16.1. The molecule has 8 aromatic rings. The average molecular weight is 1050 g/mol. The summed E-state index contributed by atoms with van der Waals surface area (Å²) in [6.07, 6.45) is 1.52. The Morgan fingerprint density at radius 3 is 1.85 bits per heavy atom. The van der Waals surface area contributed by atoms with E-state index in [2.05, 4.69) is 113 Å². The number of nitrogens with zero attached hydrogens (tertiary/aromatic N) is 3. The van der Waals surface area contributed by atoms with Gasteiger partial charge in [0.15, 0.2) is 0 Å². The summed E-state index contributed by atoms with van der Waals surface area (Å²) in [5.41, 5.74) is 8.61. The molecule has 8 rings (SSSR count). The topological polar surface area (TPSA) is 50.9 Å². The quantitative estimate of drug-likeness (QED) is 0.169. The maximum absolute atomic E-state index is 12.6. The van der Waals surface area contributed by atoms with E-state index in [1.54, 1.807) is 24.3 Å². The fourth-order valence-electron chi connectivity index (χ4n) is 8.14. The third-order valence-corrected chi connectivity index (χ3v) is 12.0. The smallest absolute Gasteiger partial charge is 0.148 e. The van der Waals surface area contributed by atoms with E-state index in [1.807, 2.05) is 53.1 Å². The molecule has 0 saturated heterocycles. The third kappa shape index (κ3) is 9.57. The second-order valence-corrected chi connectivity index (χ2v) is 21.0. The van der Waals surface area contributed by atoms with Crippen LogP contribution in [0.2, 0.25) is 0 Å². The van der Waals surface area contributed by atoms with Crippen LogP contribution in [-0.4, -0.2) is 19.6 Å². The number of phenols is 1. The summed E-state index contributed by atoms with van der Waals surface area (Å²) < 4.78 is 86.2. The first-order chi connectivity index (χ1) is 34.1. The zero-order valence-corrected chi connectivity index (χ0v) is 41.7. The molecule has 2 aromatic heterocycles. The summed E-state index contributed by atoms with van der Waals surface area (Å²) in [4.78, 5) is 10.3. The number of hydrogen-bond donors (Lipinski definition) is 1. The number of imidazole rings is 1. The molecule has 5 heteroatoms. The van der Waals surface area contributed by atoms with E-state index in [0.717, 1.165) is 27.8 Å². The Bertz CT molecular complexity index is 3480. The molecular formula is C60H64N3OPt-. The average Bonchev–Trinajstić information content (AvgIpc) is 3.68. The van der Waals surface area contributed by atoms with Gasteiger partial charge in [0.2, 0.25) is 0 Å². The Hall–Kier alpha value is -5.57. The number of rotatable bonds is 6. The van der Waals surface area contributed by atoms with Crippen molar-refractivity contribution >= 4 is 11.0 Å². The summed E-state index contributed by atoms with van der Waals surface area (Å²) in [5.74, 6) is 0.532. The fourth-order valence-corrected chi connectivity index (χ4v) is 8.14. The Morgan fingerprint density at radius 2 is 1.22 bits per heavy atom. The predicted molar refractivity (Wildman–Crippen MR) is 271 cm³/mol. The molecule has 0 aliphatic carbocycles. The van der Waals surface area contributed by atoms with Crippen molar-refractivity contribution in [1.82, 2.24) is 14.5 Å². The van der Waals surface area contributed by atoms with Gasteiger partial charge in [0.05, 0.1) is 27.8 Å². The molecule has 4 nitrogen and oxygen atoms in total. The van der Waals surface area contributed by atoms with Gasteiger partial charge in [0.25, 0.3) is 0 Å². The van der Waals surface area contributed by atoms with Crippen LogP contribution in [0.4, 0.5) is 0 Å². The molecule has 65 heavy (non-hydrogen) atoms. The molecule has 0 amide bonds. The van der Waals surface area contributed by atoms with Crippen molar-refractivity contribution in [3.8, 4) is 67.5 Å². The van der Waals surface area contributed by atoms with Crippen LogP contribution in [0.1, 0.15) is 130 Å². The number of pyridine rings is 1. The first-order valence-corrected chi connectivity index (χ1v) is 21.9. The van der Waals surface area contributed by atoms with E-state index in [-0.39, 0.29) is 48.8 Å². The number of benzene rings is 6.